The summed E-state index contributed by atoms with van der Waals surface area (Å²) in [6.07, 6.45) is 0. The van der Waals surface area contributed by atoms with Crippen LogP contribution in [0.1, 0.15) is 11.1 Å². The highest BCUT2D eigenvalue weighted by Gasteiger charge is 2.18. The summed E-state index contributed by atoms with van der Waals surface area (Å²) in [6.45, 7) is 4.23. The lowest BCUT2D eigenvalue weighted by Gasteiger charge is -2.01. The van der Waals surface area contributed by atoms with E-state index >= 15 is 0 Å². The van der Waals surface area contributed by atoms with E-state index in [1.54, 1.807) is 22.7 Å². The Morgan fingerprint density at radius 2 is 1.68 bits per heavy atom. The van der Waals surface area contributed by atoms with Gasteiger partial charge in [0.1, 0.15) is 5.01 Å². The number of aryl methyl sites for hydroxylation is 2. The Labute approximate surface area is 160 Å². The molecule has 0 atom stereocenters. The van der Waals surface area contributed by atoms with Crippen LogP contribution in [0.2, 0.25) is 5.02 Å². The van der Waals surface area contributed by atoms with Gasteiger partial charge in [-0.25, -0.2) is 4.98 Å². The fourth-order valence-electron chi connectivity index (χ4n) is 2.69. The third-order valence-corrected chi connectivity index (χ3v) is 6.66. The molecule has 1 nitrogen and oxygen atoms in total. The van der Waals surface area contributed by atoms with Gasteiger partial charge in [-0.2, -0.15) is 0 Å². The number of halogens is 1. The van der Waals surface area contributed by atoms with Crippen LogP contribution in [0.15, 0.2) is 60.0 Å². The molecule has 0 radical (unpaired) electrons. The van der Waals surface area contributed by atoms with Crippen molar-refractivity contribution in [2.24, 2.45) is 0 Å². The van der Waals surface area contributed by atoms with Crippen molar-refractivity contribution < 1.29 is 0 Å². The van der Waals surface area contributed by atoms with Crippen LogP contribution in [0, 0.1) is 13.8 Å². The van der Waals surface area contributed by atoms with Crippen LogP contribution in [0.4, 0.5) is 0 Å². The average molecular weight is 382 g/mol. The Kier molecular flexibility index (Phi) is 4.46. The summed E-state index contributed by atoms with van der Waals surface area (Å²) >= 11 is 9.88. The third kappa shape index (κ3) is 3.28. The first-order chi connectivity index (χ1) is 12.1. The van der Waals surface area contributed by atoms with Crippen molar-refractivity contribution in [1.29, 1.82) is 0 Å². The maximum atomic E-state index is 6.41. The minimum absolute atomic E-state index is 0.737. The molecule has 0 aliphatic rings. The van der Waals surface area contributed by atoms with Gasteiger partial charge in [0.25, 0.3) is 0 Å². The smallest absolute Gasteiger partial charge is 0.126 e. The molecule has 0 saturated heterocycles. The maximum absolute atomic E-state index is 6.41. The third-order valence-electron chi connectivity index (χ3n) is 4.01. The van der Waals surface area contributed by atoms with Gasteiger partial charge in [0.15, 0.2) is 0 Å². The van der Waals surface area contributed by atoms with Gasteiger partial charge in [-0.1, -0.05) is 59.6 Å². The minimum Gasteiger partial charge on any atom is -0.235 e. The number of nitrogens with zero attached hydrogens (tertiary/aromatic N) is 1. The maximum Gasteiger partial charge on any atom is 0.126 e. The van der Waals surface area contributed by atoms with Crippen LogP contribution in [0.5, 0.6) is 0 Å². The lowest BCUT2D eigenvalue weighted by molar-refractivity contribution is 1.39. The molecule has 4 heteroatoms. The minimum atomic E-state index is 0.737. The highest BCUT2D eigenvalue weighted by molar-refractivity contribution is 7.23. The molecule has 0 spiro atoms. The van der Waals surface area contributed by atoms with Gasteiger partial charge >= 0.3 is 0 Å². The molecule has 124 valence electrons. The van der Waals surface area contributed by atoms with Crippen molar-refractivity contribution in [2.75, 3.05) is 0 Å². The van der Waals surface area contributed by atoms with E-state index in [9.17, 15) is 0 Å². The Hall–Kier alpha value is -1.94. The number of thiazole rings is 1. The van der Waals surface area contributed by atoms with Gasteiger partial charge in [-0.3, -0.25) is 0 Å². The number of aromatic nitrogens is 1. The van der Waals surface area contributed by atoms with Crippen molar-refractivity contribution in [3.8, 4) is 31.6 Å². The van der Waals surface area contributed by atoms with Gasteiger partial charge in [0.2, 0.25) is 0 Å². The summed E-state index contributed by atoms with van der Waals surface area (Å²) in [5.41, 5.74) is 5.69. The molecule has 4 rings (SSSR count). The molecule has 25 heavy (non-hydrogen) atoms. The van der Waals surface area contributed by atoms with Crippen molar-refractivity contribution in [3.63, 3.8) is 0 Å². The molecule has 2 heterocycles. The SMILES string of the molecule is Cc1ccc(-c2nc(-c3ccccc3Cl)sc2-c2cc(C)cs2)cc1. The Bertz CT molecular complexity index is 1030. The van der Waals surface area contributed by atoms with Crippen molar-refractivity contribution in [2.45, 2.75) is 13.8 Å². The molecule has 2 aromatic heterocycles. The van der Waals surface area contributed by atoms with Gasteiger partial charge in [-0.05, 0) is 36.9 Å². The second-order valence-electron chi connectivity index (χ2n) is 6.03. The van der Waals surface area contributed by atoms with Gasteiger partial charge in [-0.15, -0.1) is 22.7 Å². The zero-order valence-electron chi connectivity index (χ0n) is 13.9. The molecule has 0 aliphatic carbocycles. The average Bonchev–Trinajstić information content (AvgIpc) is 3.22. The van der Waals surface area contributed by atoms with Crippen LogP contribution < -0.4 is 0 Å². The van der Waals surface area contributed by atoms with Gasteiger partial charge in [0, 0.05) is 16.0 Å². The van der Waals surface area contributed by atoms with E-state index in [-0.39, 0.29) is 0 Å². The first kappa shape index (κ1) is 16.5. The Morgan fingerprint density at radius 3 is 2.36 bits per heavy atom. The highest BCUT2D eigenvalue weighted by atomic mass is 35.5. The predicted molar refractivity (Wildman–Crippen MR) is 111 cm³/mol. The molecule has 0 amide bonds. The molecular formula is C21H16ClNS2. The summed E-state index contributed by atoms with van der Waals surface area (Å²) in [4.78, 5) is 7.43. The fraction of sp³-hybridized carbons (Fsp3) is 0.0952. The number of thiophene rings is 1. The van der Waals surface area contributed by atoms with E-state index in [1.807, 2.05) is 24.3 Å². The number of hydrogen-bond acceptors (Lipinski definition) is 3. The summed E-state index contributed by atoms with van der Waals surface area (Å²) in [5.74, 6) is 0. The van der Waals surface area contributed by atoms with Crippen LogP contribution in [0.25, 0.3) is 31.6 Å². The quantitative estimate of drug-likeness (QED) is 0.358. The standard InChI is InChI=1S/C21H16ClNS2/c1-13-7-9-15(10-8-13)19-20(18-11-14(2)12-24-18)25-21(23-19)16-5-3-4-6-17(16)22/h3-12H,1-2H3. The Morgan fingerprint density at radius 1 is 0.920 bits per heavy atom. The lowest BCUT2D eigenvalue weighted by atomic mass is 10.1. The van der Waals surface area contributed by atoms with Crippen molar-refractivity contribution in [3.05, 3.63) is 76.1 Å². The topological polar surface area (TPSA) is 12.9 Å². The zero-order valence-corrected chi connectivity index (χ0v) is 16.3. The molecular weight excluding hydrogens is 366 g/mol. The van der Waals surface area contributed by atoms with Crippen LogP contribution in [-0.2, 0) is 0 Å². The number of rotatable bonds is 3. The van der Waals surface area contributed by atoms with Gasteiger partial charge < -0.3 is 0 Å². The summed E-state index contributed by atoms with van der Waals surface area (Å²) in [5, 5.41) is 3.88. The highest BCUT2D eigenvalue weighted by Crippen LogP contribution is 2.44. The van der Waals surface area contributed by atoms with E-state index in [1.165, 1.54) is 20.9 Å². The molecule has 4 aromatic rings. The molecule has 2 aromatic carbocycles. The largest absolute Gasteiger partial charge is 0.235 e. The van der Waals surface area contributed by atoms with E-state index in [2.05, 4.69) is 49.6 Å². The lowest BCUT2D eigenvalue weighted by Crippen LogP contribution is -1.83. The summed E-state index contributed by atoms with van der Waals surface area (Å²) in [7, 11) is 0. The molecule has 0 N–H and O–H groups in total. The molecule has 0 fully saturated rings. The predicted octanol–water partition coefficient (Wildman–Crippen LogP) is 7.48. The van der Waals surface area contributed by atoms with Gasteiger partial charge in [0.05, 0.1) is 15.6 Å². The summed E-state index contributed by atoms with van der Waals surface area (Å²) < 4.78 is 0. The van der Waals surface area contributed by atoms with E-state index < -0.39 is 0 Å². The van der Waals surface area contributed by atoms with E-state index in [0.29, 0.717) is 0 Å². The van der Waals surface area contributed by atoms with Crippen LogP contribution >= 0.6 is 34.3 Å². The second-order valence-corrected chi connectivity index (χ2v) is 8.35. The summed E-state index contributed by atoms with van der Waals surface area (Å²) in [6, 6.07) is 18.7. The normalized spacial score (nSPS) is 11.0. The van der Waals surface area contributed by atoms with Crippen LogP contribution in [-0.4, -0.2) is 4.98 Å². The van der Waals surface area contributed by atoms with Crippen molar-refractivity contribution >= 4 is 34.3 Å². The zero-order chi connectivity index (χ0) is 17.4. The molecule has 0 saturated carbocycles. The first-order valence-corrected chi connectivity index (χ1v) is 10.1. The van der Waals surface area contributed by atoms with Crippen molar-refractivity contribution in [1.82, 2.24) is 4.98 Å². The molecule has 0 aliphatic heterocycles. The van der Waals surface area contributed by atoms with Crippen LogP contribution in [0.3, 0.4) is 0 Å². The fourth-order valence-corrected chi connectivity index (χ4v) is 5.12. The number of benzene rings is 2. The second kappa shape index (κ2) is 6.75. The number of hydrogen-bond donors (Lipinski definition) is 0. The molecule has 0 bridgehead atoms. The Balaban J connectivity index is 1.92. The monoisotopic (exact) mass is 381 g/mol. The molecule has 0 unspecified atom stereocenters. The van der Waals surface area contributed by atoms with E-state index in [0.717, 1.165) is 26.9 Å². The first-order valence-electron chi connectivity index (χ1n) is 8.00. The van der Waals surface area contributed by atoms with E-state index in [4.69, 9.17) is 16.6 Å².